The minimum absolute atomic E-state index is 0. The van der Waals surface area contributed by atoms with E-state index in [4.69, 9.17) is 28.9 Å². The molecule has 2 atom stereocenters. The molecule has 1 unspecified atom stereocenters. The fourth-order valence-electron chi connectivity index (χ4n) is 1.83. The highest BCUT2D eigenvalue weighted by atomic mass is 35.5. The number of hydrogen-bond acceptors (Lipinski definition) is 3. The summed E-state index contributed by atoms with van der Waals surface area (Å²) in [6, 6.07) is 1.22. The van der Waals surface area contributed by atoms with Crippen LogP contribution in [0.2, 0.25) is 10.0 Å². The number of amides is 2. The summed E-state index contributed by atoms with van der Waals surface area (Å²) in [4.78, 5) is 23.5. The molecule has 4 N–H and O–H groups in total. The first-order valence-electron chi connectivity index (χ1n) is 7.10. The second kappa shape index (κ2) is 10.0. The molecule has 24 heavy (non-hydrogen) atoms. The SMILES string of the molecule is CC(NC(=O)CNC(=O)[C@@H](N)C(C)C)c1cc(F)c(Cl)cc1Cl.Cl. The van der Waals surface area contributed by atoms with Gasteiger partial charge in [-0.15, -0.1) is 12.4 Å². The molecule has 1 rings (SSSR count). The van der Waals surface area contributed by atoms with Gasteiger partial charge in [-0.3, -0.25) is 9.59 Å². The van der Waals surface area contributed by atoms with Gasteiger partial charge in [-0.1, -0.05) is 37.0 Å². The molecule has 136 valence electrons. The predicted octanol–water partition coefficient (Wildman–Crippen LogP) is 2.83. The minimum Gasteiger partial charge on any atom is -0.348 e. The zero-order valence-electron chi connectivity index (χ0n) is 13.5. The van der Waals surface area contributed by atoms with E-state index in [9.17, 15) is 14.0 Å². The summed E-state index contributed by atoms with van der Waals surface area (Å²) in [7, 11) is 0. The number of carbonyl (C=O) groups excluding carboxylic acids is 2. The first-order chi connectivity index (χ1) is 10.6. The molecule has 5 nitrogen and oxygen atoms in total. The van der Waals surface area contributed by atoms with E-state index < -0.39 is 29.7 Å². The van der Waals surface area contributed by atoms with Crippen molar-refractivity contribution in [3.05, 3.63) is 33.6 Å². The fourth-order valence-corrected chi connectivity index (χ4v) is 2.37. The van der Waals surface area contributed by atoms with Gasteiger partial charge >= 0.3 is 0 Å². The summed E-state index contributed by atoms with van der Waals surface area (Å²) < 4.78 is 13.5. The fraction of sp³-hybridized carbons (Fsp3) is 0.467. The Morgan fingerprint density at radius 1 is 1.21 bits per heavy atom. The molecule has 0 aromatic heterocycles. The maximum absolute atomic E-state index is 13.5. The lowest BCUT2D eigenvalue weighted by Gasteiger charge is -2.18. The Balaban J connectivity index is 0.00000529. The molecule has 0 aliphatic carbocycles. The van der Waals surface area contributed by atoms with Crippen molar-refractivity contribution < 1.29 is 14.0 Å². The van der Waals surface area contributed by atoms with E-state index in [2.05, 4.69) is 10.6 Å². The second-order valence-electron chi connectivity index (χ2n) is 5.56. The third-order valence-corrected chi connectivity index (χ3v) is 3.94. The first-order valence-corrected chi connectivity index (χ1v) is 7.86. The smallest absolute Gasteiger partial charge is 0.239 e. The molecular weight excluding hydrogens is 380 g/mol. The van der Waals surface area contributed by atoms with Crippen LogP contribution in [0.4, 0.5) is 4.39 Å². The van der Waals surface area contributed by atoms with Crippen LogP contribution in [0.25, 0.3) is 0 Å². The van der Waals surface area contributed by atoms with Crippen LogP contribution < -0.4 is 16.4 Å². The van der Waals surface area contributed by atoms with Gasteiger partial charge in [-0.25, -0.2) is 4.39 Å². The normalized spacial score (nSPS) is 13.0. The third kappa shape index (κ3) is 6.43. The second-order valence-corrected chi connectivity index (χ2v) is 6.38. The molecule has 0 fully saturated rings. The van der Waals surface area contributed by atoms with Gasteiger partial charge in [0.05, 0.1) is 23.7 Å². The molecule has 1 aromatic carbocycles. The van der Waals surface area contributed by atoms with Crippen molar-refractivity contribution in [2.75, 3.05) is 6.54 Å². The van der Waals surface area contributed by atoms with Crippen LogP contribution in [-0.2, 0) is 9.59 Å². The van der Waals surface area contributed by atoms with Gasteiger partial charge in [0, 0.05) is 5.02 Å². The summed E-state index contributed by atoms with van der Waals surface area (Å²) in [5.74, 6) is -1.50. The van der Waals surface area contributed by atoms with E-state index in [0.717, 1.165) is 0 Å². The monoisotopic (exact) mass is 399 g/mol. The van der Waals surface area contributed by atoms with Crippen molar-refractivity contribution >= 4 is 47.4 Å². The quantitative estimate of drug-likeness (QED) is 0.642. The van der Waals surface area contributed by atoms with E-state index in [1.807, 2.05) is 13.8 Å². The highest BCUT2D eigenvalue weighted by molar-refractivity contribution is 6.35. The minimum atomic E-state index is -0.681. The Kier molecular flexibility index (Phi) is 9.58. The molecule has 0 heterocycles. The van der Waals surface area contributed by atoms with E-state index >= 15 is 0 Å². The van der Waals surface area contributed by atoms with Crippen LogP contribution in [0.5, 0.6) is 0 Å². The lowest BCUT2D eigenvalue weighted by molar-refractivity contribution is -0.127. The van der Waals surface area contributed by atoms with Gasteiger partial charge in [0.2, 0.25) is 11.8 Å². The molecule has 0 saturated carbocycles. The zero-order valence-corrected chi connectivity index (χ0v) is 15.9. The molecule has 0 bridgehead atoms. The Labute approximate surface area is 156 Å². The van der Waals surface area contributed by atoms with Crippen LogP contribution in [0.15, 0.2) is 12.1 Å². The molecule has 0 aliphatic rings. The number of nitrogens with one attached hydrogen (secondary N) is 2. The van der Waals surface area contributed by atoms with Gasteiger partial charge in [0.15, 0.2) is 0 Å². The maximum Gasteiger partial charge on any atom is 0.239 e. The number of hydrogen-bond donors (Lipinski definition) is 3. The highest BCUT2D eigenvalue weighted by Crippen LogP contribution is 2.28. The van der Waals surface area contributed by atoms with Gasteiger partial charge in [-0.2, -0.15) is 0 Å². The van der Waals surface area contributed by atoms with Crippen molar-refractivity contribution in [3.63, 3.8) is 0 Å². The maximum atomic E-state index is 13.5. The van der Waals surface area contributed by atoms with E-state index in [1.165, 1.54) is 12.1 Å². The standard InChI is InChI=1S/C15H20Cl2FN3O2.ClH/c1-7(2)14(19)15(23)20-6-13(22)21-8(3)9-4-12(18)11(17)5-10(9)16;/h4-5,7-8,14H,6,19H2,1-3H3,(H,20,23)(H,21,22);1H/t8?,14-;/m0./s1. The molecular formula is C15H21Cl3FN3O2. The van der Waals surface area contributed by atoms with E-state index in [-0.39, 0.29) is 34.9 Å². The summed E-state index contributed by atoms with van der Waals surface area (Å²) in [5, 5.41) is 5.22. The number of carbonyl (C=O) groups is 2. The molecule has 9 heteroatoms. The summed E-state index contributed by atoms with van der Waals surface area (Å²) in [6.07, 6.45) is 0. The van der Waals surface area contributed by atoms with Crippen molar-refractivity contribution in [1.82, 2.24) is 10.6 Å². The van der Waals surface area contributed by atoms with Crippen LogP contribution in [0.1, 0.15) is 32.4 Å². The highest BCUT2D eigenvalue weighted by Gasteiger charge is 2.19. The third-order valence-electron chi connectivity index (χ3n) is 3.33. The van der Waals surface area contributed by atoms with Gasteiger partial charge in [-0.05, 0) is 30.5 Å². The topological polar surface area (TPSA) is 84.2 Å². The van der Waals surface area contributed by atoms with Crippen molar-refractivity contribution in [2.24, 2.45) is 11.7 Å². The molecule has 2 amide bonds. The lowest BCUT2D eigenvalue weighted by Crippen LogP contribution is -2.47. The number of benzene rings is 1. The molecule has 0 spiro atoms. The van der Waals surface area contributed by atoms with Gasteiger partial charge in [0.25, 0.3) is 0 Å². The average Bonchev–Trinajstić information content (AvgIpc) is 2.47. The largest absolute Gasteiger partial charge is 0.348 e. The Morgan fingerprint density at radius 3 is 2.33 bits per heavy atom. The molecule has 0 radical (unpaired) electrons. The zero-order chi connectivity index (χ0) is 17.7. The van der Waals surface area contributed by atoms with Crippen LogP contribution in [0, 0.1) is 11.7 Å². The van der Waals surface area contributed by atoms with Crippen LogP contribution in [0.3, 0.4) is 0 Å². The van der Waals surface area contributed by atoms with Crippen molar-refractivity contribution in [3.8, 4) is 0 Å². The number of halogens is 4. The van der Waals surface area contributed by atoms with Crippen LogP contribution in [-0.4, -0.2) is 24.4 Å². The summed E-state index contributed by atoms with van der Waals surface area (Å²) in [5.41, 5.74) is 6.07. The van der Waals surface area contributed by atoms with Gasteiger partial charge < -0.3 is 16.4 Å². The van der Waals surface area contributed by atoms with Crippen molar-refractivity contribution in [2.45, 2.75) is 32.9 Å². The summed E-state index contributed by atoms with van der Waals surface area (Å²) in [6.45, 7) is 5.04. The van der Waals surface area contributed by atoms with E-state index in [0.29, 0.717) is 5.56 Å². The average molecular weight is 401 g/mol. The van der Waals surface area contributed by atoms with Crippen molar-refractivity contribution in [1.29, 1.82) is 0 Å². The first kappa shape index (κ1) is 22.9. The molecule has 0 aliphatic heterocycles. The Bertz CT molecular complexity index is 600. The lowest BCUT2D eigenvalue weighted by atomic mass is 10.1. The predicted molar refractivity (Wildman–Crippen MR) is 96.0 cm³/mol. The van der Waals surface area contributed by atoms with E-state index in [1.54, 1.807) is 6.92 Å². The van der Waals surface area contributed by atoms with Gasteiger partial charge in [0.1, 0.15) is 5.82 Å². The molecule has 1 aromatic rings. The number of rotatable bonds is 6. The number of nitrogens with two attached hydrogens (primary N) is 1. The Hall–Kier alpha value is -1.08. The Morgan fingerprint density at radius 2 is 1.79 bits per heavy atom. The van der Waals surface area contributed by atoms with Crippen LogP contribution >= 0.6 is 35.6 Å². The molecule has 0 saturated heterocycles. The summed E-state index contributed by atoms with van der Waals surface area (Å²) >= 11 is 11.6.